The van der Waals surface area contributed by atoms with Gasteiger partial charge in [0, 0.05) is 13.1 Å². The molecule has 2 aromatic carbocycles. The second-order valence-electron chi connectivity index (χ2n) is 7.46. The van der Waals surface area contributed by atoms with Gasteiger partial charge in [0.15, 0.2) is 0 Å². The van der Waals surface area contributed by atoms with Crippen molar-refractivity contribution in [3.8, 4) is 0 Å². The van der Waals surface area contributed by atoms with Crippen molar-refractivity contribution in [2.24, 2.45) is 0 Å². The van der Waals surface area contributed by atoms with Crippen LogP contribution in [0.3, 0.4) is 0 Å². The van der Waals surface area contributed by atoms with Crippen molar-refractivity contribution in [1.29, 1.82) is 0 Å². The average molecular weight is 430 g/mol. The Morgan fingerprint density at radius 3 is 2.20 bits per heavy atom. The SMILES string of the molecule is C[C@H](C(=O)Nc1ccccc1C(=O)N1CCCCC1)N(c1ccccc1)S(C)(=O)=O. The lowest BCUT2D eigenvalue weighted by atomic mass is 10.1. The Morgan fingerprint density at radius 1 is 0.967 bits per heavy atom. The van der Waals surface area contributed by atoms with Crippen LogP contribution >= 0.6 is 0 Å². The third kappa shape index (κ3) is 4.99. The van der Waals surface area contributed by atoms with Crippen molar-refractivity contribution in [3.05, 3.63) is 60.2 Å². The number of hydrogen-bond acceptors (Lipinski definition) is 4. The van der Waals surface area contributed by atoms with Crippen LogP contribution < -0.4 is 9.62 Å². The number of rotatable bonds is 6. The lowest BCUT2D eigenvalue weighted by molar-refractivity contribution is -0.116. The first-order chi connectivity index (χ1) is 14.3. The highest BCUT2D eigenvalue weighted by molar-refractivity contribution is 7.92. The van der Waals surface area contributed by atoms with Gasteiger partial charge in [-0.1, -0.05) is 30.3 Å². The fourth-order valence-electron chi connectivity index (χ4n) is 3.67. The Bertz CT molecular complexity index is 1000. The summed E-state index contributed by atoms with van der Waals surface area (Å²) >= 11 is 0. The van der Waals surface area contributed by atoms with E-state index in [0.29, 0.717) is 30.0 Å². The molecule has 0 aliphatic carbocycles. The van der Waals surface area contributed by atoms with Crippen molar-refractivity contribution >= 4 is 33.2 Å². The van der Waals surface area contributed by atoms with Gasteiger partial charge in [-0.25, -0.2) is 8.42 Å². The monoisotopic (exact) mass is 429 g/mol. The normalized spacial score (nSPS) is 15.3. The lowest BCUT2D eigenvalue weighted by Crippen LogP contribution is -2.45. The van der Waals surface area contributed by atoms with E-state index in [1.807, 2.05) is 0 Å². The molecule has 1 heterocycles. The van der Waals surface area contributed by atoms with Gasteiger partial charge in [0.1, 0.15) is 6.04 Å². The zero-order valence-corrected chi connectivity index (χ0v) is 18.1. The van der Waals surface area contributed by atoms with Crippen molar-refractivity contribution in [2.45, 2.75) is 32.2 Å². The highest BCUT2D eigenvalue weighted by Crippen LogP contribution is 2.23. The van der Waals surface area contributed by atoms with E-state index in [2.05, 4.69) is 5.32 Å². The number of piperidine rings is 1. The van der Waals surface area contributed by atoms with Gasteiger partial charge in [0.05, 0.1) is 23.2 Å². The van der Waals surface area contributed by atoms with Gasteiger partial charge in [0.2, 0.25) is 15.9 Å². The topological polar surface area (TPSA) is 86.8 Å². The Hall–Kier alpha value is -2.87. The van der Waals surface area contributed by atoms with Crippen LogP contribution in [0.4, 0.5) is 11.4 Å². The molecular weight excluding hydrogens is 402 g/mol. The zero-order valence-electron chi connectivity index (χ0n) is 17.2. The highest BCUT2D eigenvalue weighted by atomic mass is 32.2. The molecule has 0 unspecified atom stereocenters. The standard InChI is InChI=1S/C22H27N3O4S/c1-17(25(30(2,28)29)18-11-5-3-6-12-18)21(26)23-20-14-8-7-13-19(20)22(27)24-15-9-4-10-16-24/h3,5-8,11-14,17H,4,9-10,15-16H2,1-2H3,(H,23,26)/t17-/m1/s1. The van der Waals surface area contributed by atoms with Crippen molar-refractivity contribution in [1.82, 2.24) is 4.90 Å². The fraction of sp³-hybridized carbons (Fsp3) is 0.364. The summed E-state index contributed by atoms with van der Waals surface area (Å²) in [6, 6.07) is 14.3. The van der Waals surface area contributed by atoms with E-state index < -0.39 is 22.0 Å². The van der Waals surface area contributed by atoms with E-state index in [9.17, 15) is 18.0 Å². The summed E-state index contributed by atoms with van der Waals surface area (Å²) in [4.78, 5) is 27.7. The molecule has 0 aromatic heterocycles. The fourth-order valence-corrected chi connectivity index (χ4v) is 4.84. The van der Waals surface area contributed by atoms with Gasteiger partial charge >= 0.3 is 0 Å². The first kappa shape index (κ1) is 21.8. The van der Waals surface area contributed by atoms with Crippen LogP contribution in [0, 0.1) is 0 Å². The summed E-state index contributed by atoms with van der Waals surface area (Å²) in [5.74, 6) is -0.635. The van der Waals surface area contributed by atoms with Gasteiger partial charge in [-0.3, -0.25) is 13.9 Å². The molecule has 1 aliphatic rings. The number of benzene rings is 2. The molecule has 3 rings (SSSR count). The van der Waals surface area contributed by atoms with Gasteiger partial charge in [-0.15, -0.1) is 0 Å². The third-order valence-corrected chi connectivity index (χ3v) is 6.40. The summed E-state index contributed by atoms with van der Waals surface area (Å²) in [6.07, 6.45) is 4.12. The van der Waals surface area contributed by atoms with E-state index in [1.54, 1.807) is 59.5 Å². The van der Waals surface area contributed by atoms with Crippen molar-refractivity contribution < 1.29 is 18.0 Å². The van der Waals surface area contributed by atoms with Crippen LogP contribution in [0.15, 0.2) is 54.6 Å². The maximum Gasteiger partial charge on any atom is 0.255 e. The number of anilines is 2. The molecule has 1 fully saturated rings. The second-order valence-corrected chi connectivity index (χ2v) is 9.32. The highest BCUT2D eigenvalue weighted by Gasteiger charge is 2.30. The van der Waals surface area contributed by atoms with Gasteiger partial charge in [-0.05, 0) is 50.5 Å². The van der Waals surface area contributed by atoms with Gasteiger partial charge in [-0.2, -0.15) is 0 Å². The molecule has 1 N–H and O–H groups in total. The van der Waals surface area contributed by atoms with Crippen LogP contribution in [0.1, 0.15) is 36.5 Å². The quantitative estimate of drug-likeness (QED) is 0.764. The Labute approximate surface area is 177 Å². The largest absolute Gasteiger partial charge is 0.339 e. The van der Waals surface area contributed by atoms with E-state index in [-0.39, 0.29) is 5.91 Å². The summed E-state index contributed by atoms with van der Waals surface area (Å²) in [5, 5.41) is 2.76. The van der Waals surface area contributed by atoms with E-state index >= 15 is 0 Å². The molecule has 2 amide bonds. The molecule has 0 saturated carbocycles. The second kappa shape index (κ2) is 9.30. The molecule has 30 heavy (non-hydrogen) atoms. The van der Waals surface area contributed by atoms with E-state index in [0.717, 1.165) is 29.8 Å². The predicted octanol–water partition coefficient (Wildman–Crippen LogP) is 3.11. The molecule has 0 bridgehead atoms. The minimum atomic E-state index is -3.70. The molecule has 0 spiro atoms. The number of amides is 2. The number of likely N-dealkylation sites (tertiary alicyclic amines) is 1. The molecular formula is C22H27N3O4S. The molecule has 1 aliphatic heterocycles. The smallest absolute Gasteiger partial charge is 0.255 e. The van der Waals surface area contributed by atoms with Crippen molar-refractivity contribution in [3.63, 3.8) is 0 Å². The first-order valence-corrected chi connectivity index (χ1v) is 11.9. The van der Waals surface area contributed by atoms with Crippen LogP contribution in [0.25, 0.3) is 0 Å². The number of sulfonamides is 1. The molecule has 2 aromatic rings. The molecule has 7 nitrogen and oxygen atoms in total. The van der Waals surface area contributed by atoms with E-state index in [1.165, 1.54) is 6.92 Å². The first-order valence-electron chi connectivity index (χ1n) is 10.0. The minimum Gasteiger partial charge on any atom is -0.339 e. The minimum absolute atomic E-state index is 0.124. The number of nitrogens with zero attached hydrogens (tertiary/aromatic N) is 2. The lowest BCUT2D eigenvalue weighted by Gasteiger charge is -2.29. The molecule has 0 radical (unpaired) electrons. The number of para-hydroxylation sites is 2. The summed E-state index contributed by atoms with van der Waals surface area (Å²) < 4.78 is 25.9. The van der Waals surface area contributed by atoms with Crippen LogP contribution in [0.2, 0.25) is 0 Å². The number of carbonyl (C=O) groups is 2. The average Bonchev–Trinajstić information content (AvgIpc) is 2.74. The summed E-state index contributed by atoms with van der Waals surface area (Å²) in [6.45, 7) is 2.93. The maximum absolute atomic E-state index is 13.0. The maximum atomic E-state index is 13.0. The van der Waals surface area contributed by atoms with Crippen molar-refractivity contribution in [2.75, 3.05) is 29.0 Å². The Kier molecular flexibility index (Phi) is 6.77. The molecule has 1 saturated heterocycles. The third-order valence-electron chi connectivity index (χ3n) is 5.16. The van der Waals surface area contributed by atoms with Gasteiger partial charge < -0.3 is 10.2 Å². The van der Waals surface area contributed by atoms with Crippen LogP contribution in [-0.2, 0) is 14.8 Å². The summed E-state index contributed by atoms with van der Waals surface area (Å²) in [7, 11) is -3.70. The number of nitrogens with one attached hydrogen (secondary N) is 1. The molecule has 1 atom stereocenters. The van der Waals surface area contributed by atoms with Crippen LogP contribution in [-0.4, -0.2) is 50.5 Å². The van der Waals surface area contributed by atoms with E-state index in [4.69, 9.17) is 0 Å². The predicted molar refractivity (Wildman–Crippen MR) is 118 cm³/mol. The Morgan fingerprint density at radius 2 is 1.57 bits per heavy atom. The molecule has 8 heteroatoms. The Balaban J connectivity index is 1.84. The number of carbonyl (C=O) groups excluding carboxylic acids is 2. The molecule has 160 valence electrons. The summed E-state index contributed by atoms with van der Waals surface area (Å²) in [5.41, 5.74) is 1.19. The van der Waals surface area contributed by atoms with Gasteiger partial charge in [0.25, 0.3) is 5.91 Å². The van der Waals surface area contributed by atoms with Crippen LogP contribution in [0.5, 0.6) is 0 Å². The number of hydrogen-bond donors (Lipinski definition) is 1. The zero-order chi connectivity index (χ0) is 21.7.